The lowest BCUT2D eigenvalue weighted by Gasteiger charge is -2.42. The zero-order chi connectivity index (χ0) is 14.4. The quantitative estimate of drug-likeness (QED) is 0.902. The first-order valence-electron chi connectivity index (χ1n) is 8.07. The van der Waals surface area contributed by atoms with Gasteiger partial charge in [0.15, 0.2) is 0 Å². The summed E-state index contributed by atoms with van der Waals surface area (Å²) in [5.41, 5.74) is 9.24. The Bertz CT molecular complexity index is 534. The molecule has 2 N–H and O–H groups in total. The van der Waals surface area contributed by atoms with Gasteiger partial charge in [-0.25, -0.2) is 0 Å². The summed E-state index contributed by atoms with van der Waals surface area (Å²) in [5, 5.41) is 0. The number of methoxy groups -OCH3 is 1. The lowest BCUT2D eigenvalue weighted by Crippen LogP contribution is -2.55. The third-order valence-electron chi connectivity index (χ3n) is 5.51. The number of hydrogen-bond donors (Lipinski definition) is 1. The minimum absolute atomic E-state index is 0.0921. The Morgan fingerprint density at radius 3 is 3.05 bits per heavy atom. The first kappa shape index (κ1) is 13.6. The van der Waals surface area contributed by atoms with Crippen molar-refractivity contribution in [2.75, 3.05) is 20.3 Å². The zero-order valence-corrected chi connectivity index (χ0v) is 12.6. The molecule has 1 aromatic carbocycles. The fourth-order valence-electron chi connectivity index (χ4n) is 4.45. The van der Waals surface area contributed by atoms with Crippen LogP contribution in [-0.4, -0.2) is 43.3 Å². The van der Waals surface area contributed by atoms with Gasteiger partial charge in [-0.05, 0) is 48.9 Å². The Morgan fingerprint density at radius 2 is 2.19 bits per heavy atom. The number of nitrogens with two attached hydrogens (primary N) is 1. The van der Waals surface area contributed by atoms with Crippen LogP contribution < -0.4 is 10.5 Å². The average Bonchev–Trinajstić information content (AvgIpc) is 3.11. The molecule has 1 aromatic rings. The van der Waals surface area contributed by atoms with E-state index in [0.717, 1.165) is 25.3 Å². The van der Waals surface area contributed by atoms with E-state index < -0.39 is 0 Å². The highest BCUT2D eigenvalue weighted by molar-refractivity contribution is 5.42. The van der Waals surface area contributed by atoms with E-state index in [1.807, 2.05) is 6.07 Å². The topological polar surface area (TPSA) is 47.7 Å². The van der Waals surface area contributed by atoms with Crippen LogP contribution in [0, 0.1) is 0 Å². The number of nitrogens with zero attached hydrogens (tertiary/aromatic N) is 1. The Hall–Kier alpha value is -1.10. The van der Waals surface area contributed by atoms with Crippen molar-refractivity contribution >= 4 is 0 Å². The molecule has 1 aliphatic heterocycles. The minimum atomic E-state index is 0.0921. The van der Waals surface area contributed by atoms with Gasteiger partial charge in [-0.15, -0.1) is 0 Å². The molecule has 3 aliphatic rings. The maximum Gasteiger partial charge on any atom is 0.119 e. The zero-order valence-electron chi connectivity index (χ0n) is 12.6. The molecule has 114 valence electrons. The van der Waals surface area contributed by atoms with Crippen LogP contribution in [0.4, 0.5) is 0 Å². The van der Waals surface area contributed by atoms with Crippen molar-refractivity contribution in [1.29, 1.82) is 0 Å². The van der Waals surface area contributed by atoms with Crippen molar-refractivity contribution in [2.24, 2.45) is 5.73 Å². The molecular weight excluding hydrogens is 264 g/mol. The van der Waals surface area contributed by atoms with Crippen LogP contribution in [0.2, 0.25) is 0 Å². The van der Waals surface area contributed by atoms with Crippen molar-refractivity contribution in [1.82, 2.24) is 4.90 Å². The lowest BCUT2D eigenvalue weighted by atomic mass is 10.0. The second-order valence-electron chi connectivity index (χ2n) is 6.51. The van der Waals surface area contributed by atoms with Crippen molar-refractivity contribution in [3.8, 4) is 5.75 Å². The largest absolute Gasteiger partial charge is 0.497 e. The van der Waals surface area contributed by atoms with Gasteiger partial charge in [-0.3, -0.25) is 4.90 Å². The Labute approximate surface area is 126 Å². The van der Waals surface area contributed by atoms with E-state index in [9.17, 15) is 0 Å². The third kappa shape index (κ3) is 2.17. The van der Waals surface area contributed by atoms with Crippen molar-refractivity contribution < 1.29 is 9.47 Å². The third-order valence-corrected chi connectivity index (χ3v) is 5.51. The van der Waals surface area contributed by atoms with Crippen LogP contribution in [0.1, 0.15) is 36.4 Å². The Kier molecular flexibility index (Phi) is 3.40. The molecule has 4 heteroatoms. The van der Waals surface area contributed by atoms with Crippen molar-refractivity contribution in [2.45, 2.75) is 49.9 Å². The molecule has 4 unspecified atom stereocenters. The molecule has 2 fully saturated rings. The first-order chi connectivity index (χ1) is 10.3. The van der Waals surface area contributed by atoms with Crippen LogP contribution in [-0.2, 0) is 11.2 Å². The standard InChI is InChI=1S/C17H24N2O2/c1-20-12-6-5-11-9-15(17(18)13(11)10-12)19-7-8-21-16-4-2-3-14(16)19/h5-6,10,14-17H,2-4,7-9,18H2,1H3. The Morgan fingerprint density at radius 1 is 1.29 bits per heavy atom. The molecular formula is C17H24N2O2. The lowest BCUT2D eigenvalue weighted by molar-refractivity contribution is -0.0736. The predicted octanol–water partition coefficient (Wildman–Crippen LogP) is 1.87. The van der Waals surface area contributed by atoms with Gasteiger partial charge < -0.3 is 15.2 Å². The summed E-state index contributed by atoms with van der Waals surface area (Å²) < 4.78 is 11.3. The molecule has 0 spiro atoms. The highest BCUT2D eigenvalue weighted by Crippen LogP contribution is 2.39. The number of ether oxygens (including phenoxy) is 2. The molecule has 4 nitrogen and oxygen atoms in total. The molecule has 4 atom stereocenters. The van der Waals surface area contributed by atoms with Crippen LogP contribution >= 0.6 is 0 Å². The van der Waals surface area contributed by atoms with Crippen LogP contribution in [0.5, 0.6) is 5.75 Å². The van der Waals surface area contributed by atoms with Crippen molar-refractivity contribution in [3.63, 3.8) is 0 Å². The van der Waals surface area contributed by atoms with Gasteiger partial charge in [0, 0.05) is 24.7 Å². The second-order valence-corrected chi connectivity index (χ2v) is 6.51. The summed E-state index contributed by atoms with van der Waals surface area (Å²) >= 11 is 0. The molecule has 4 rings (SSSR count). The van der Waals surface area contributed by atoms with Gasteiger partial charge in [0.25, 0.3) is 0 Å². The van der Waals surface area contributed by atoms with Gasteiger partial charge in [-0.1, -0.05) is 6.07 Å². The number of morpholine rings is 1. The molecule has 0 amide bonds. The summed E-state index contributed by atoms with van der Waals surface area (Å²) in [4.78, 5) is 2.64. The summed E-state index contributed by atoms with van der Waals surface area (Å²) in [6.45, 7) is 1.87. The first-order valence-corrected chi connectivity index (χ1v) is 8.07. The van der Waals surface area contributed by atoms with E-state index in [1.54, 1.807) is 7.11 Å². The van der Waals surface area contributed by atoms with Gasteiger partial charge in [-0.2, -0.15) is 0 Å². The van der Waals surface area contributed by atoms with E-state index in [1.165, 1.54) is 30.4 Å². The summed E-state index contributed by atoms with van der Waals surface area (Å²) in [7, 11) is 1.71. The summed E-state index contributed by atoms with van der Waals surface area (Å²) in [6, 6.07) is 7.43. The van der Waals surface area contributed by atoms with Gasteiger partial charge >= 0.3 is 0 Å². The van der Waals surface area contributed by atoms with E-state index >= 15 is 0 Å². The SMILES string of the molecule is COc1ccc2c(c1)C(N)C(N1CCOC3CCCC31)C2. The molecule has 1 saturated heterocycles. The van der Waals surface area contributed by atoms with E-state index in [4.69, 9.17) is 15.2 Å². The van der Waals surface area contributed by atoms with E-state index in [0.29, 0.717) is 18.2 Å². The molecule has 1 saturated carbocycles. The monoisotopic (exact) mass is 288 g/mol. The smallest absolute Gasteiger partial charge is 0.119 e. The fourth-order valence-corrected chi connectivity index (χ4v) is 4.45. The average molecular weight is 288 g/mol. The maximum atomic E-state index is 6.59. The van der Waals surface area contributed by atoms with Gasteiger partial charge in [0.05, 0.1) is 19.8 Å². The summed E-state index contributed by atoms with van der Waals surface area (Å²) in [5.74, 6) is 0.908. The molecule has 1 heterocycles. The van der Waals surface area contributed by atoms with Gasteiger partial charge in [0.1, 0.15) is 5.75 Å². The normalized spacial score (nSPS) is 35.5. The number of hydrogen-bond acceptors (Lipinski definition) is 4. The van der Waals surface area contributed by atoms with Crippen LogP contribution in [0.3, 0.4) is 0 Å². The minimum Gasteiger partial charge on any atom is -0.497 e. The fraction of sp³-hybridized carbons (Fsp3) is 0.647. The molecule has 0 radical (unpaired) electrons. The molecule has 0 bridgehead atoms. The molecule has 21 heavy (non-hydrogen) atoms. The second kappa shape index (κ2) is 5.27. The summed E-state index contributed by atoms with van der Waals surface area (Å²) in [6.07, 6.45) is 5.25. The molecule has 0 aromatic heterocycles. The number of rotatable bonds is 2. The highest BCUT2D eigenvalue weighted by Gasteiger charge is 2.43. The highest BCUT2D eigenvalue weighted by atomic mass is 16.5. The van der Waals surface area contributed by atoms with Crippen molar-refractivity contribution in [3.05, 3.63) is 29.3 Å². The van der Waals surface area contributed by atoms with Crippen LogP contribution in [0.25, 0.3) is 0 Å². The van der Waals surface area contributed by atoms with Crippen LogP contribution in [0.15, 0.2) is 18.2 Å². The molecule has 2 aliphatic carbocycles. The number of benzene rings is 1. The van der Waals surface area contributed by atoms with Gasteiger partial charge in [0.2, 0.25) is 0 Å². The predicted molar refractivity (Wildman–Crippen MR) is 81.5 cm³/mol. The van der Waals surface area contributed by atoms with E-state index in [-0.39, 0.29) is 6.04 Å². The van der Waals surface area contributed by atoms with E-state index in [2.05, 4.69) is 17.0 Å². The maximum absolute atomic E-state index is 6.59. The number of fused-ring (bicyclic) bond motifs is 2. The Balaban J connectivity index is 1.59.